The van der Waals surface area contributed by atoms with Gasteiger partial charge in [0.1, 0.15) is 11.3 Å². The molecule has 3 aromatic rings. The first-order valence-corrected chi connectivity index (χ1v) is 5.83. The second-order valence-corrected chi connectivity index (χ2v) is 4.48. The summed E-state index contributed by atoms with van der Waals surface area (Å²) in [6, 6.07) is 8.74. The topological polar surface area (TPSA) is 43.8 Å². The molecule has 96 valence electrons. The van der Waals surface area contributed by atoms with E-state index in [2.05, 4.69) is 4.98 Å². The highest BCUT2D eigenvalue weighted by atomic mass is 35.5. The zero-order chi connectivity index (χ0) is 13.6. The molecule has 3 rings (SSSR count). The molecule has 0 saturated heterocycles. The lowest BCUT2D eigenvalue weighted by Crippen LogP contribution is -2.00. The lowest BCUT2D eigenvalue weighted by molar-refractivity contribution is 0.590. The summed E-state index contributed by atoms with van der Waals surface area (Å²) < 4.78 is 28.4. The van der Waals surface area contributed by atoms with Crippen LogP contribution in [0.3, 0.4) is 0 Å². The lowest BCUT2D eigenvalue weighted by atomic mass is 10.2. The van der Waals surface area contributed by atoms with Crippen LogP contribution in [0.15, 0.2) is 36.4 Å². The molecule has 0 unspecified atom stereocenters. The maximum atomic E-state index is 13.6. The highest BCUT2D eigenvalue weighted by Crippen LogP contribution is 2.27. The minimum absolute atomic E-state index is 0.0267. The largest absolute Gasteiger partial charge is 0.369 e. The Bertz CT molecular complexity index is 783. The summed E-state index contributed by atoms with van der Waals surface area (Å²) in [6.07, 6.45) is 0. The number of hydrogen-bond donors (Lipinski definition) is 1. The molecule has 0 atom stereocenters. The van der Waals surface area contributed by atoms with E-state index in [1.807, 2.05) is 0 Å². The fourth-order valence-electron chi connectivity index (χ4n) is 2.01. The Morgan fingerprint density at radius 1 is 1.16 bits per heavy atom. The van der Waals surface area contributed by atoms with Crippen LogP contribution in [-0.2, 0) is 0 Å². The molecule has 6 heteroatoms. The fourth-order valence-corrected chi connectivity index (χ4v) is 2.19. The average molecular weight is 280 g/mol. The second-order valence-electron chi connectivity index (χ2n) is 4.04. The molecule has 2 N–H and O–H groups in total. The van der Waals surface area contributed by atoms with E-state index in [1.165, 1.54) is 10.6 Å². The first kappa shape index (κ1) is 11.9. The Labute approximate surface area is 112 Å². The lowest BCUT2D eigenvalue weighted by Gasteiger charge is -2.06. The summed E-state index contributed by atoms with van der Waals surface area (Å²) in [7, 11) is 0. The van der Waals surface area contributed by atoms with E-state index in [4.69, 9.17) is 17.3 Å². The van der Waals surface area contributed by atoms with Crippen molar-refractivity contribution in [1.29, 1.82) is 0 Å². The number of nitrogen functional groups attached to an aromatic ring is 1. The first-order valence-electron chi connectivity index (χ1n) is 5.45. The molecule has 0 aliphatic heterocycles. The van der Waals surface area contributed by atoms with Crippen molar-refractivity contribution in [3.63, 3.8) is 0 Å². The standard InChI is InChI=1S/C13H8ClF2N3/c14-7-2-1-3-9(4-7)19-11-6-8(15)5-10(16)12(11)18-13(19)17/h1-6H,(H2,17,18). The van der Waals surface area contributed by atoms with Gasteiger partial charge < -0.3 is 5.73 Å². The predicted octanol–water partition coefficient (Wildman–Crippen LogP) is 3.54. The average Bonchev–Trinajstić information content (AvgIpc) is 2.66. The van der Waals surface area contributed by atoms with Crippen molar-refractivity contribution >= 4 is 28.6 Å². The van der Waals surface area contributed by atoms with Gasteiger partial charge in [0.25, 0.3) is 0 Å². The van der Waals surface area contributed by atoms with Gasteiger partial charge in [-0.05, 0) is 18.2 Å². The molecule has 0 saturated carbocycles. The van der Waals surface area contributed by atoms with E-state index >= 15 is 0 Å². The van der Waals surface area contributed by atoms with Gasteiger partial charge in [-0.2, -0.15) is 0 Å². The number of imidazole rings is 1. The van der Waals surface area contributed by atoms with Crippen LogP contribution in [0.25, 0.3) is 16.7 Å². The summed E-state index contributed by atoms with van der Waals surface area (Å²) in [5.41, 5.74) is 6.66. The van der Waals surface area contributed by atoms with Gasteiger partial charge >= 0.3 is 0 Å². The molecule has 2 aromatic carbocycles. The maximum Gasteiger partial charge on any atom is 0.206 e. The van der Waals surface area contributed by atoms with E-state index in [0.29, 0.717) is 10.7 Å². The van der Waals surface area contributed by atoms with Gasteiger partial charge in [0.2, 0.25) is 5.95 Å². The van der Waals surface area contributed by atoms with Crippen LogP contribution in [0, 0.1) is 11.6 Å². The van der Waals surface area contributed by atoms with E-state index < -0.39 is 11.6 Å². The molecular weight excluding hydrogens is 272 g/mol. The van der Waals surface area contributed by atoms with Crippen LogP contribution in [0.1, 0.15) is 0 Å². The van der Waals surface area contributed by atoms with E-state index in [9.17, 15) is 8.78 Å². The van der Waals surface area contributed by atoms with Crippen LogP contribution in [-0.4, -0.2) is 9.55 Å². The molecule has 1 aromatic heterocycles. The molecule has 3 nitrogen and oxygen atoms in total. The summed E-state index contributed by atoms with van der Waals surface area (Å²) in [4.78, 5) is 3.92. The molecule has 0 spiro atoms. The number of rotatable bonds is 1. The van der Waals surface area contributed by atoms with E-state index in [-0.39, 0.29) is 17.0 Å². The van der Waals surface area contributed by atoms with Crippen molar-refractivity contribution in [1.82, 2.24) is 9.55 Å². The van der Waals surface area contributed by atoms with E-state index in [0.717, 1.165) is 6.07 Å². The van der Waals surface area contributed by atoms with Crippen LogP contribution in [0.5, 0.6) is 0 Å². The second kappa shape index (κ2) is 4.20. The molecule has 19 heavy (non-hydrogen) atoms. The monoisotopic (exact) mass is 279 g/mol. The van der Waals surface area contributed by atoms with Gasteiger partial charge in [0.15, 0.2) is 5.82 Å². The molecule has 0 bridgehead atoms. The molecule has 0 aliphatic carbocycles. The van der Waals surface area contributed by atoms with Crippen molar-refractivity contribution in [3.05, 3.63) is 53.1 Å². The Morgan fingerprint density at radius 3 is 2.68 bits per heavy atom. The van der Waals surface area contributed by atoms with Crippen molar-refractivity contribution in [2.24, 2.45) is 0 Å². The Hall–Kier alpha value is -2.14. The maximum absolute atomic E-state index is 13.6. The van der Waals surface area contributed by atoms with Crippen molar-refractivity contribution < 1.29 is 8.78 Å². The van der Waals surface area contributed by atoms with Crippen LogP contribution >= 0.6 is 11.6 Å². The van der Waals surface area contributed by atoms with Crippen LogP contribution in [0.4, 0.5) is 14.7 Å². The number of fused-ring (bicyclic) bond motifs is 1. The van der Waals surface area contributed by atoms with Crippen LogP contribution in [0.2, 0.25) is 5.02 Å². The zero-order valence-corrected chi connectivity index (χ0v) is 10.3. The summed E-state index contributed by atoms with van der Waals surface area (Å²) in [5.74, 6) is -1.36. The fraction of sp³-hybridized carbons (Fsp3) is 0. The highest BCUT2D eigenvalue weighted by molar-refractivity contribution is 6.30. The van der Waals surface area contributed by atoms with Crippen molar-refractivity contribution in [2.75, 3.05) is 5.73 Å². The molecule has 0 amide bonds. The van der Waals surface area contributed by atoms with Gasteiger partial charge in [-0.25, -0.2) is 13.8 Å². The Kier molecular flexibility index (Phi) is 2.64. The molecule has 0 fully saturated rings. The molecule has 0 radical (unpaired) electrons. The number of anilines is 1. The molecule has 0 aliphatic rings. The summed E-state index contributed by atoms with van der Waals surface area (Å²) >= 11 is 5.91. The molecule has 1 heterocycles. The van der Waals surface area contributed by atoms with Gasteiger partial charge in [0, 0.05) is 17.2 Å². The number of halogens is 3. The van der Waals surface area contributed by atoms with Gasteiger partial charge in [0.05, 0.1) is 11.2 Å². The Morgan fingerprint density at radius 2 is 1.95 bits per heavy atom. The number of nitrogens with zero attached hydrogens (tertiary/aromatic N) is 2. The van der Waals surface area contributed by atoms with Crippen LogP contribution < -0.4 is 5.73 Å². The third-order valence-electron chi connectivity index (χ3n) is 2.77. The minimum atomic E-state index is -0.748. The first-order chi connectivity index (χ1) is 9.06. The van der Waals surface area contributed by atoms with Gasteiger partial charge in [-0.1, -0.05) is 17.7 Å². The van der Waals surface area contributed by atoms with Crippen molar-refractivity contribution in [3.8, 4) is 5.69 Å². The normalized spacial score (nSPS) is 11.1. The number of benzene rings is 2. The van der Waals surface area contributed by atoms with E-state index in [1.54, 1.807) is 24.3 Å². The molecular formula is C13H8ClF2N3. The minimum Gasteiger partial charge on any atom is -0.369 e. The Balaban J connectivity index is 2.38. The number of nitrogens with two attached hydrogens (primary N) is 1. The zero-order valence-electron chi connectivity index (χ0n) is 9.57. The van der Waals surface area contributed by atoms with Gasteiger partial charge in [-0.15, -0.1) is 0 Å². The summed E-state index contributed by atoms with van der Waals surface area (Å²) in [5, 5.41) is 0.496. The van der Waals surface area contributed by atoms with Gasteiger partial charge in [-0.3, -0.25) is 4.57 Å². The van der Waals surface area contributed by atoms with Crippen molar-refractivity contribution in [2.45, 2.75) is 0 Å². The SMILES string of the molecule is Nc1nc2c(F)cc(F)cc2n1-c1cccc(Cl)c1. The number of aromatic nitrogens is 2. The predicted molar refractivity (Wildman–Crippen MR) is 70.4 cm³/mol. The highest BCUT2D eigenvalue weighted by Gasteiger charge is 2.15. The summed E-state index contributed by atoms with van der Waals surface area (Å²) in [6.45, 7) is 0. The third-order valence-corrected chi connectivity index (χ3v) is 3.01. The number of hydrogen-bond acceptors (Lipinski definition) is 2. The quantitative estimate of drug-likeness (QED) is 0.740. The smallest absolute Gasteiger partial charge is 0.206 e. The third kappa shape index (κ3) is 1.92.